The minimum absolute atomic E-state index is 0.251. The fourth-order valence-electron chi connectivity index (χ4n) is 3.34. The first-order chi connectivity index (χ1) is 11.7. The van der Waals surface area contributed by atoms with Gasteiger partial charge in [0.15, 0.2) is 5.69 Å². The molecule has 0 aliphatic heterocycles. The summed E-state index contributed by atoms with van der Waals surface area (Å²) in [5, 5.41) is 16.4. The summed E-state index contributed by atoms with van der Waals surface area (Å²) in [6, 6.07) is 8.11. The molecule has 0 unspecified atom stereocenters. The summed E-state index contributed by atoms with van der Waals surface area (Å²) >= 11 is 0. The van der Waals surface area contributed by atoms with Crippen LogP contribution >= 0.6 is 0 Å². The van der Waals surface area contributed by atoms with Crippen molar-refractivity contribution < 1.29 is 9.18 Å². The van der Waals surface area contributed by atoms with E-state index in [9.17, 15) is 14.4 Å². The van der Waals surface area contributed by atoms with Gasteiger partial charge in [0.1, 0.15) is 17.5 Å². The van der Waals surface area contributed by atoms with E-state index in [-0.39, 0.29) is 17.6 Å². The van der Waals surface area contributed by atoms with Gasteiger partial charge in [0.2, 0.25) is 0 Å². The molecule has 1 N–H and O–H groups in total. The zero-order valence-corrected chi connectivity index (χ0v) is 13.1. The molecule has 1 aromatic heterocycles. The van der Waals surface area contributed by atoms with Crippen LogP contribution in [0.5, 0.6) is 0 Å². The van der Waals surface area contributed by atoms with Crippen LogP contribution in [0.4, 0.5) is 4.39 Å². The molecule has 5 nitrogen and oxygen atoms in total. The number of carbonyl (C=O) groups is 1. The first kappa shape index (κ1) is 14.9. The number of aromatic nitrogens is 2. The highest BCUT2D eigenvalue weighted by molar-refractivity contribution is 5.94. The second-order valence-corrected chi connectivity index (χ2v) is 6.41. The molecule has 0 saturated heterocycles. The topological polar surface area (TPSA) is 70.7 Å². The number of nitrogens with one attached hydrogen (secondary N) is 1. The van der Waals surface area contributed by atoms with E-state index < -0.39 is 6.04 Å². The van der Waals surface area contributed by atoms with Crippen molar-refractivity contribution in [2.24, 2.45) is 5.92 Å². The minimum atomic E-state index is -0.465. The normalized spacial score (nSPS) is 17.2. The molecule has 24 heavy (non-hydrogen) atoms. The molecular weight excluding hydrogens is 307 g/mol. The molecule has 122 valence electrons. The molecule has 1 aromatic carbocycles. The molecule has 1 heterocycles. The Morgan fingerprint density at radius 1 is 1.38 bits per heavy atom. The van der Waals surface area contributed by atoms with Gasteiger partial charge in [-0.1, -0.05) is 12.1 Å². The zero-order valence-electron chi connectivity index (χ0n) is 13.1. The number of rotatable bonds is 4. The molecule has 2 aliphatic rings. The number of nitriles is 1. The summed E-state index contributed by atoms with van der Waals surface area (Å²) in [4.78, 5) is 12.6. The van der Waals surface area contributed by atoms with Crippen molar-refractivity contribution in [2.75, 3.05) is 0 Å². The predicted octanol–water partition coefficient (Wildman–Crippen LogP) is 2.53. The van der Waals surface area contributed by atoms with Crippen LogP contribution in [-0.4, -0.2) is 21.7 Å². The van der Waals surface area contributed by atoms with Crippen molar-refractivity contribution in [2.45, 2.75) is 38.1 Å². The van der Waals surface area contributed by atoms with Crippen LogP contribution < -0.4 is 5.32 Å². The third-order valence-corrected chi connectivity index (χ3v) is 4.75. The molecule has 0 spiro atoms. The van der Waals surface area contributed by atoms with Crippen molar-refractivity contribution >= 4 is 5.91 Å². The Kier molecular flexibility index (Phi) is 3.57. The number of hydrogen-bond acceptors (Lipinski definition) is 3. The van der Waals surface area contributed by atoms with E-state index in [0.717, 1.165) is 43.4 Å². The van der Waals surface area contributed by atoms with Crippen LogP contribution in [0.1, 0.15) is 41.0 Å². The fraction of sp³-hybridized carbons (Fsp3) is 0.389. The van der Waals surface area contributed by atoms with Crippen molar-refractivity contribution in [3.8, 4) is 11.8 Å². The first-order valence-electron chi connectivity index (χ1n) is 8.25. The lowest BCUT2D eigenvalue weighted by molar-refractivity contribution is 0.0935. The van der Waals surface area contributed by atoms with Crippen LogP contribution in [0.2, 0.25) is 0 Å². The van der Waals surface area contributed by atoms with E-state index in [4.69, 9.17) is 0 Å². The molecule has 1 saturated carbocycles. The lowest BCUT2D eigenvalue weighted by atomic mass is 10.1. The number of nitrogens with zero attached hydrogens (tertiary/aromatic N) is 3. The minimum Gasteiger partial charge on any atom is -0.335 e. The van der Waals surface area contributed by atoms with Crippen LogP contribution in [-0.2, 0) is 12.8 Å². The van der Waals surface area contributed by atoms with E-state index in [0.29, 0.717) is 11.4 Å². The van der Waals surface area contributed by atoms with E-state index in [1.54, 1.807) is 22.9 Å². The highest BCUT2D eigenvalue weighted by Gasteiger charge is 2.34. The van der Waals surface area contributed by atoms with Crippen molar-refractivity contribution in [3.05, 3.63) is 47.0 Å². The molecule has 4 rings (SSSR count). The third kappa shape index (κ3) is 2.46. The summed E-state index contributed by atoms with van der Waals surface area (Å²) in [5.41, 5.74) is 2.45. The van der Waals surface area contributed by atoms with Crippen LogP contribution in [0.15, 0.2) is 24.3 Å². The number of carbonyl (C=O) groups excluding carboxylic acids is 1. The van der Waals surface area contributed by atoms with Crippen LogP contribution in [0.3, 0.4) is 0 Å². The van der Waals surface area contributed by atoms with Gasteiger partial charge in [-0.2, -0.15) is 10.4 Å². The van der Waals surface area contributed by atoms with Crippen LogP contribution in [0, 0.1) is 23.1 Å². The molecule has 1 atom stereocenters. The number of halogens is 1. The molecular formula is C18H17FN4O. The fourth-order valence-corrected chi connectivity index (χ4v) is 3.34. The van der Waals surface area contributed by atoms with E-state index >= 15 is 0 Å². The largest absolute Gasteiger partial charge is 0.335 e. The Hall–Kier alpha value is -2.68. The summed E-state index contributed by atoms with van der Waals surface area (Å²) in [6.45, 7) is 0. The molecule has 1 fully saturated rings. The van der Waals surface area contributed by atoms with Gasteiger partial charge in [0.05, 0.1) is 6.07 Å². The lowest BCUT2D eigenvalue weighted by Gasteiger charge is -2.09. The van der Waals surface area contributed by atoms with Gasteiger partial charge >= 0.3 is 0 Å². The van der Waals surface area contributed by atoms with Gasteiger partial charge in [-0.05, 0) is 50.2 Å². The number of para-hydroxylation sites is 1. The average molecular weight is 324 g/mol. The van der Waals surface area contributed by atoms with E-state index in [1.165, 1.54) is 6.07 Å². The number of amides is 1. The maximum absolute atomic E-state index is 14.1. The van der Waals surface area contributed by atoms with Gasteiger partial charge < -0.3 is 5.32 Å². The average Bonchev–Trinajstić information content (AvgIpc) is 3.20. The monoisotopic (exact) mass is 324 g/mol. The van der Waals surface area contributed by atoms with Gasteiger partial charge in [-0.25, -0.2) is 9.07 Å². The van der Waals surface area contributed by atoms with Gasteiger partial charge in [-0.3, -0.25) is 4.79 Å². The Balaban J connectivity index is 1.70. The molecule has 2 aliphatic carbocycles. The van der Waals surface area contributed by atoms with Crippen molar-refractivity contribution in [1.29, 1.82) is 5.26 Å². The molecule has 6 heteroatoms. The zero-order chi connectivity index (χ0) is 16.7. The van der Waals surface area contributed by atoms with Crippen LogP contribution in [0.25, 0.3) is 5.69 Å². The Labute approximate surface area is 139 Å². The summed E-state index contributed by atoms with van der Waals surface area (Å²) in [5.74, 6) is -0.447. The smallest absolute Gasteiger partial charge is 0.273 e. The van der Waals surface area contributed by atoms with Crippen molar-refractivity contribution in [1.82, 2.24) is 15.1 Å². The molecule has 1 amide bonds. The standard InChI is InChI=1S/C18H17FN4O/c19-13-5-1-2-6-16(13)23-15-7-3-4-12(15)17(22-23)18(24)21-14(10-20)11-8-9-11/h1-2,5-6,11,14H,3-4,7-9H2,(H,21,24)/t14-/m0/s1. The predicted molar refractivity (Wildman–Crippen MR) is 85.1 cm³/mol. The van der Waals surface area contributed by atoms with Gasteiger partial charge in [-0.15, -0.1) is 0 Å². The SMILES string of the molecule is N#C[C@H](NC(=O)c1nn(-c2ccccc2F)c2c1CCC2)C1CC1. The maximum Gasteiger partial charge on any atom is 0.273 e. The first-order valence-corrected chi connectivity index (χ1v) is 8.25. The van der Waals surface area contributed by atoms with E-state index in [2.05, 4.69) is 16.5 Å². The summed E-state index contributed by atoms with van der Waals surface area (Å²) in [6.07, 6.45) is 4.40. The number of hydrogen-bond donors (Lipinski definition) is 1. The van der Waals surface area contributed by atoms with E-state index in [1.807, 2.05) is 0 Å². The Morgan fingerprint density at radius 3 is 2.88 bits per heavy atom. The maximum atomic E-state index is 14.1. The van der Waals surface area contributed by atoms with Gasteiger partial charge in [0, 0.05) is 11.3 Å². The second kappa shape index (κ2) is 5.75. The lowest BCUT2D eigenvalue weighted by Crippen LogP contribution is -2.36. The Morgan fingerprint density at radius 2 is 2.17 bits per heavy atom. The summed E-state index contributed by atoms with van der Waals surface area (Å²) in [7, 11) is 0. The quantitative estimate of drug-likeness (QED) is 0.939. The molecule has 0 radical (unpaired) electrons. The number of benzene rings is 1. The Bertz CT molecular complexity index is 847. The van der Waals surface area contributed by atoms with Crippen molar-refractivity contribution in [3.63, 3.8) is 0 Å². The number of fused-ring (bicyclic) bond motifs is 1. The van der Waals surface area contributed by atoms with Gasteiger partial charge in [0.25, 0.3) is 5.91 Å². The molecule has 0 bridgehead atoms. The highest BCUT2D eigenvalue weighted by atomic mass is 19.1. The molecule has 2 aromatic rings. The highest BCUT2D eigenvalue weighted by Crippen LogP contribution is 2.33. The second-order valence-electron chi connectivity index (χ2n) is 6.41. The third-order valence-electron chi connectivity index (χ3n) is 4.75. The summed E-state index contributed by atoms with van der Waals surface area (Å²) < 4.78 is 15.7.